The number of aromatic nitrogens is 3. The van der Waals surface area contributed by atoms with Gasteiger partial charge in [0.2, 0.25) is 0 Å². The lowest BCUT2D eigenvalue weighted by molar-refractivity contribution is -0.137. The number of ether oxygens (including phenoxy) is 1. The summed E-state index contributed by atoms with van der Waals surface area (Å²) in [6.45, 7) is 5.56. The van der Waals surface area contributed by atoms with Gasteiger partial charge < -0.3 is 25.2 Å². The second kappa shape index (κ2) is 11.4. The SMILES string of the molecule is Cc1nn(C2CCN(C)CC2)cc1Nc1cc(NCCCN2CCCCOC2=O)c(C(F)(F)F)cn1. The number of nitrogens with zero attached hydrogens (tertiary/aromatic N) is 5. The number of hydrogen-bond donors (Lipinski definition) is 2. The molecule has 0 radical (unpaired) electrons. The maximum atomic E-state index is 13.6. The number of pyridine rings is 1. The molecular formula is C24H34F3N7O2. The van der Waals surface area contributed by atoms with Gasteiger partial charge in [-0.15, -0.1) is 0 Å². The van der Waals surface area contributed by atoms with Crippen molar-refractivity contribution >= 4 is 23.3 Å². The molecule has 2 N–H and O–H groups in total. The molecule has 0 saturated carbocycles. The largest absolute Gasteiger partial charge is 0.449 e. The van der Waals surface area contributed by atoms with Crippen molar-refractivity contribution in [2.24, 2.45) is 0 Å². The number of carbonyl (C=O) groups is 1. The molecule has 0 aliphatic carbocycles. The normalized spacial score (nSPS) is 18.1. The first-order chi connectivity index (χ1) is 17.2. The van der Waals surface area contributed by atoms with Crippen molar-refractivity contribution < 1.29 is 22.7 Å². The summed E-state index contributed by atoms with van der Waals surface area (Å²) in [6.07, 6.45) is 1.99. The molecule has 1 amide bonds. The molecule has 0 unspecified atom stereocenters. The van der Waals surface area contributed by atoms with Crippen molar-refractivity contribution in [3.8, 4) is 0 Å². The predicted octanol–water partition coefficient (Wildman–Crippen LogP) is 4.65. The first-order valence-electron chi connectivity index (χ1n) is 12.4. The van der Waals surface area contributed by atoms with E-state index >= 15 is 0 Å². The van der Waals surface area contributed by atoms with Crippen LogP contribution in [0.5, 0.6) is 0 Å². The van der Waals surface area contributed by atoms with Crippen molar-refractivity contribution in [2.45, 2.75) is 51.2 Å². The maximum absolute atomic E-state index is 13.6. The Morgan fingerprint density at radius 2 is 1.94 bits per heavy atom. The van der Waals surface area contributed by atoms with Crippen LogP contribution in [0.15, 0.2) is 18.5 Å². The Labute approximate surface area is 209 Å². The molecule has 2 aliphatic rings. The predicted molar refractivity (Wildman–Crippen MR) is 131 cm³/mol. The summed E-state index contributed by atoms with van der Waals surface area (Å²) in [5.74, 6) is 0.299. The third kappa shape index (κ3) is 6.59. The number of cyclic esters (lactones) is 1. The van der Waals surface area contributed by atoms with Gasteiger partial charge in [0.1, 0.15) is 5.82 Å². The minimum absolute atomic E-state index is 0.0567. The van der Waals surface area contributed by atoms with E-state index in [1.54, 1.807) is 4.90 Å². The highest BCUT2D eigenvalue weighted by Gasteiger charge is 2.34. The molecule has 2 aromatic heterocycles. The van der Waals surface area contributed by atoms with Crippen LogP contribution >= 0.6 is 0 Å². The van der Waals surface area contributed by atoms with Gasteiger partial charge in [-0.1, -0.05) is 0 Å². The summed E-state index contributed by atoms with van der Waals surface area (Å²) >= 11 is 0. The monoisotopic (exact) mass is 509 g/mol. The summed E-state index contributed by atoms with van der Waals surface area (Å²) in [5.41, 5.74) is 0.584. The smallest absolute Gasteiger partial charge is 0.419 e. The van der Waals surface area contributed by atoms with Gasteiger partial charge >= 0.3 is 12.3 Å². The number of piperidine rings is 1. The highest BCUT2D eigenvalue weighted by molar-refractivity contribution is 5.68. The first-order valence-corrected chi connectivity index (χ1v) is 12.4. The Morgan fingerprint density at radius 3 is 2.69 bits per heavy atom. The van der Waals surface area contributed by atoms with Gasteiger partial charge in [0.05, 0.1) is 35.3 Å². The maximum Gasteiger partial charge on any atom is 0.419 e. The lowest BCUT2D eigenvalue weighted by atomic mass is 10.1. The molecule has 0 spiro atoms. The number of aryl methyl sites for hydroxylation is 1. The van der Waals surface area contributed by atoms with Crippen molar-refractivity contribution in [3.05, 3.63) is 29.7 Å². The van der Waals surface area contributed by atoms with Crippen LogP contribution in [-0.2, 0) is 10.9 Å². The topological polar surface area (TPSA) is 87.5 Å². The molecule has 2 fully saturated rings. The average Bonchev–Trinajstić information content (AvgIpc) is 3.06. The fourth-order valence-electron chi connectivity index (χ4n) is 4.53. The van der Waals surface area contributed by atoms with Gasteiger partial charge in [0.25, 0.3) is 0 Å². The van der Waals surface area contributed by atoms with Crippen molar-refractivity contribution in [2.75, 3.05) is 57.0 Å². The van der Waals surface area contributed by atoms with Crippen LogP contribution in [0, 0.1) is 6.92 Å². The molecule has 4 rings (SSSR count). The minimum Gasteiger partial charge on any atom is -0.449 e. The van der Waals surface area contributed by atoms with Gasteiger partial charge in [0.15, 0.2) is 0 Å². The Kier molecular flexibility index (Phi) is 8.22. The number of nitrogens with one attached hydrogen (secondary N) is 2. The summed E-state index contributed by atoms with van der Waals surface area (Å²) in [4.78, 5) is 19.8. The number of anilines is 3. The van der Waals surface area contributed by atoms with Crippen molar-refractivity contribution in [1.29, 1.82) is 0 Å². The zero-order valence-electron chi connectivity index (χ0n) is 20.8. The van der Waals surface area contributed by atoms with Gasteiger partial charge in [-0.3, -0.25) is 4.68 Å². The Balaban J connectivity index is 1.41. The van der Waals surface area contributed by atoms with E-state index in [2.05, 4.69) is 32.7 Å². The van der Waals surface area contributed by atoms with Crippen LogP contribution in [-0.4, -0.2) is 77.0 Å². The van der Waals surface area contributed by atoms with Gasteiger partial charge in [0, 0.05) is 38.1 Å². The number of halogens is 3. The second-order valence-electron chi connectivity index (χ2n) is 9.47. The second-order valence-corrected chi connectivity index (χ2v) is 9.47. The van der Waals surface area contributed by atoms with E-state index in [0.717, 1.165) is 50.7 Å². The van der Waals surface area contributed by atoms with Crippen molar-refractivity contribution in [1.82, 2.24) is 24.6 Å². The molecule has 9 nitrogen and oxygen atoms in total. The summed E-state index contributed by atoms with van der Waals surface area (Å²) < 4.78 is 47.9. The number of rotatable bonds is 8. The van der Waals surface area contributed by atoms with Gasteiger partial charge in [-0.2, -0.15) is 18.3 Å². The molecule has 12 heteroatoms. The van der Waals surface area contributed by atoms with E-state index in [9.17, 15) is 18.0 Å². The zero-order valence-corrected chi connectivity index (χ0v) is 20.8. The van der Waals surface area contributed by atoms with E-state index in [4.69, 9.17) is 4.74 Å². The standard InChI is InChI=1S/C24H34F3N7O2/c1-17-21(16-34(31-17)18-6-11-32(2)12-7-18)30-22-14-20(19(15-29-22)24(25,26)27)28-8-5-10-33-9-3-4-13-36-23(33)35/h14-16,18H,3-13H2,1-2H3,(H2,28,29,30). The molecule has 36 heavy (non-hydrogen) atoms. The number of amides is 1. The van der Waals surface area contributed by atoms with Gasteiger partial charge in [-0.05, 0) is 59.2 Å². The molecule has 198 valence electrons. The molecule has 2 aliphatic heterocycles. The molecular weight excluding hydrogens is 475 g/mol. The minimum atomic E-state index is -4.54. The first kappa shape index (κ1) is 26.1. The van der Waals surface area contributed by atoms with Crippen molar-refractivity contribution in [3.63, 3.8) is 0 Å². The fourth-order valence-corrected chi connectivity index (χ4v) is 4.53. The lowest BCUT2D eigenvalue weighted by Gasteiger charge is -2.28. The van der Waals surface area contributed by atoms with Gasteiger partial charge in [-0.25, -0.2) is 9.78 Å². The van der Waals surface area contributed by atoms with E-state index < -0.39 is 11.7 Å². The van der Waals surface area contributed by atoms with Crippen LogP contribution in [0.1, 0.15) is 49.4 Å². The Bertz CT molecular complexity index is 1040. The zero-order chi connectivity index (χ0) is 25.7. The van der Waals surface area contributed by atoms with Crippen LogP contribution in [0.3, 0.4) is 0 Å². The molecule has 4 heterocycles. The van der Waals surface area contributed by atoms with Crippen LogP contribution < -0.4 is 10.6 Å². The molecule has 0 bridgehead atoms. The number of carbonyl (C=O) groups excluding carboxylic acids is 1. The third-order valence-corrected chi connectivity index (χ3v) is 6.68. The molecule has 0 atom stereocenters. The van der Waals surface area contributed by atoms with E-state index in [1.165, 1.54) is 6.07 Å². The highest BCUT2D eigenvalue weighted by Crippen LogP contribution is 2.36. The summed E-state index contributed by atoms with van der Waals surface area (Å²) in [5, 5.41) is 10.6. The Hall–Kier alpha value is -3.02. The Morgan fingerprint density at radius 1 is 1.17 bits per heavy atom. The molecule has 2 aromatic rings. The molecule has 0 aromatic carbocycles. The van der Waals surface area contributed by atoms with Crippen LogP contribution in [0.2, 0.25) is 0 Å². The summed E-state index contributed by atoms with van der Waals surface area (Å²) in [6, 6.07) is 1.67. The average molecular weight is 510 g/mol. The quantitative estimate of drug-likeness (QED) is 0.501. The van der Waals surface area contributed by atoms with Crippen LogP contribution in [0.25, 0.3) is 0 Å². The lowest BCUT2D eigenvalue weighted by Crippen LogP contribution is -2.32. The number of hydrogen-bond acceptors (Lipinski definition) is 7. The third-order valence-electron chi connectivity index (χ3n) is 6.68. The number of likely N-dealkylation sites (tertiary alicyclic amines) is 1. The van der Waals surface area contributed by atoms with Crippen LogP contribution in [0.4, 0.5) is 35.2 Å². The fraction of sp³-hybridized carbons (Fsp3) is 0.625. The summed E-state index contributed by atoms with van der Waals surface area (Å²) in [7, 11) is 2.10. The van der Waals surface area contributed by atoms with E-state index in [0.29, 0.717) is 43.7 Å². The highest BCUT2D eigenvalue weighted by atomic mass is 19.4. The van der Waals surface area contributed by atoms with E-state index in [-0.39, 0.29) is 18.3 Å². The van der Waals surface area contributed by atoms with E-state index in [1.807, 2.05) is 17.8 Å². The molecule has 2 saturated heterocycles. The number of alkyl halides is 3.